The molecule has 1 aliphatic heterocycles. The predicted molar refractivity (Wildman–Crippen MR) is 106 cm³/mol. The number of amides is 1. The zero-order valence-electron chi connectivity index (χ0n) is 15.7. The third kappa shape index (κ3) is 4.80. The van der Waals surface area contributed by atoms with Gasteiger partial charge in [-0.3, -0.25) is 4.79 Å². The van der Waals surface area contributed by atoms with Crippen LogP contribution in [0, 0.1) is 12.3 Å². The molecule has 144 valence electrons. The first-order chi connectivity index (χ1) is 13.6. The number of aliphatic hydroxyl groups excluding tert-OH is 1. The molecular formula is C23H23NO4. The first-order valence-electron chi connectivity index (χ1n) is 9.10. The largest absolute Gasteiger partial charge is 0.459 e. The molecule has 0 bridgehead atoms. The van der Waals surface area contributed by atoms with Crippen molar-refractivity contribution in [3.05, 3.63) is 82.6 Å². The monoisotopic (exact) mass is 377 g/mol. The molecular weight excluding hydrogens is 354 g/mol. The SMILES string of the molecule is C#Cc1ccc([C@H]2C=C(C(=O)NC)O[C@@H](OCc3ccc(CO)cc3)C2)cc1. The number of ether oxygens (including phenoxy) is 2. The number of hydrogen-bond donors (Lipinski definition) is 2. The maximum Gasteiger partial charge on any atom is 0.285 e. The Morgan fingerprint density at radius 3 is 2.50 bits per heavy atom. The molecule has 0 fully saturated rings. The summed E-state index contributed by atoms with van der Waals surface area (Å²) in [5, 5.41) is 11.7. The molecule has 1 aliphatic rings. The van der Waals surface area contributed by atoms with E-state index in [-0.39, 0.29) is 24.2 Å². The van der Waals surface area contributed by atoms with E-state index >= 15 is 0 Å². The topological polar surface area (TPSA) is 67.8 Å². The van der Waals surface area contributed by atoms with E-state index < -0.39 is 6.29 Å². The van der Waals surface area contributed by atoms with Crippen molar-refractivity contribution in [1.82, 2.24) is 5.32 Å². The van der Waals surface area contributed by atoms with Crippen LogP contribution in [-0.2, 0) is 27.5 Å². The van der Waals surface area contributed by atoms with Gasteiger partial charge >= 0.3 is 0 Å². The minimum Gasteiger partial charge on any atom is -0.459 e. The van der Waals surface area contributed by atoms with Crippen LogP contribution in [0.1, 0.15) is 34.6 Å². The van der Waals surface area contributed by atoms with Crippen LogP contribution < -0.4 is 5.32 Å². The lowest BCUT2D eigenvalue weighted by molar-refractivity contribution is -0.150. The van der Waals surface area contributed by atoms with Crippen LogP contribution in [0.4, 0.5) is 0 Å². The van der Waals surface area contributed by atoms with E-state index in [1.807, 2.05) is 54.6 Å². The number of carbonyl (C=O) groups is 1. The molecule has 2 N–H and O–H groups in total. The van der Waals surface area contributed by atoms with Gasteiger partial charge in [-0.25, -0.2) is 0 Å². The third-order valence-corrected chi connectivity index (χ3v) is 4.66. The second-order valence-electron chi connectivity index (χ2n) is 6.55. The summed E-state index contributed by atoms with van der Waals surface area (Å²) in [6.07, 6.45) is 7.28. The molecule has 0 aliphatic carbocycles. The van der Waals surface area contributed by atoms with E-state index in [0.29, 0.717) is 13.0 Å². The number of hydrogen-bond acceptors (Lipinski definition) is 4. The summed E-state index contributed by atoms with van der Waals surface area (Å²) in [7, 11) is 1.57. The van der Waals surface area contributed by atoms with Gasteiger partial charge in [-0.05, 0) is 34.9 Å². The number of rotatable bonds is 6. The van der Waals surface area contributed by atoms with Gasteiger partial charge in [0.25, 0.3) is 5.91 Å². The van der Waals surface area contributed by atoms with Crippen LogP contribution >= 0.6 is 0 Å². The summed E-state index contributed by atoms with van der Waals surface area (Å²) >= 11 is 0. The van der Waals surface area contributed by atoms with Gasteiger partial charge in [0.2, 0.25) is 6.29 Å². The van der Waals surface area contributed by atoms with Gasteiger partial charge in [-0.1, -0.05) is 42.3 Å². The highest BCUT2D eigenvalue weighted by Gasteiger charge is 2.28. The van der Waals surface area contributed by atoms with Crippen molar-refractivity contribution in [2.75, 3.05) is 7.05 Å². The maximum atomic E-state index is 12.1. The molecule has 28 heavy (non-hydrogen) atoms. The smallest absolute Gasteiger partial charge is 0.285 e. The van der Waals surface area contributed by atoms with E-state index in [1.54, 1.807) is 7.05 Å². The lowest BCUT2D eigenvalue weighted by atomic mass is 9.92. The Labute approximate surface area is 165 Å². The molecule has 5 heteroatoms. The Balaban J connectivity index is 1.73. The third-order valence-electron chi connectivity index (χ3n) is 4.66. The molecule has 1 heterocycles. The second kappa shape index (κ2) is 9.23. The zero-order chi connectivity index (χ0) is 19.9. The van der Waals surface area contributed by atoms with Gasteiger partial charge in [0, 0.05) is 24.9 Å². The predicted octanol–water partition coefficient (Wildman–Crippen LogP) is 2.84. The minimum absolute atomic E-state index is 0.00725. The molecule has 0 saturated heterocycles. The molecule has 2 atom stereocenters. The quantitative estimate of drug-likeness (QED) is 0.760. The lowest BCUT2D eigenvalue weighted by Crippen LogP contribution is -2.31. The van der Waals surface area contributed by atoms with Gasteiger partial charge in [0.15, 0.2) is 5.76 Å². The van der Waals surface area contributed by atoms with Gasteiger partial charge < -0.3 is 19.9 Å². The normalized spacial score (nSPS) is 18.5. The number of aliphatic hydroxyl groups is 1. The number of nitrogens with one attached hydrogen (secondary N) is 1. The Hall–Kier alpha value is -3.07. The fourth-order valence-corrected chi connectivity index (χ4v) is 3.03. The van der Waals surface area contributed by atoms with Crippen molar-refractivity contribution < 1.29 is 19.4 Å². The van der Waals surface area contributed by atoms with Crippen LogP contribution in [0.25, 0.3) is 0 Å². The molecule has 5 nitrogen and oxygen atoms in total. The van der Waals surface area contributed by atoms with Crippen LogP contribution in [0.5, 0.6) is 0 Å². The van der Waals surface area contributed by atoms with Gasteiger partial charge in [0.1, 0.15) is 0 Å². The summed E-state index contributed by atoms with van der Waals surface area (Å²) in [6.45, 7) is 0.355. The van der Waals surface area contributed by atoms with Crippen LogP contribution in [0.15, 0.2) is 60.4 Å². The van der Waals surface area contributed by atoms with Crippen LogP contribution in [0.2, 0.25) is 0 Å². The molecule has 0 aromatic heterocycles. The minimum atomic E-state index is -0.549. The Morgan fingerprint density at radius 2 is 1.89 bits per heavy atom. The Bertz CT molecular complexity index is 878. The van der Waals surface area contributed by atoms with Gasteiger partial charge in [-0.2, -0.15) is 0 Å². The van der Waals surface area contributed by atoms with Crippen molar-refractivity contribution >= 4 is 5.91 Å². The summed E-state index contributed by atoms with van der Waals surface area (Å²) < 4.78 is 11.7. The summed E-state index contributed by atoms with van der Waals surface area (Å²) in [5.74, 6) is 2.55. The van der Waals surface area contributed by atoms with Crippen molar-refractivity contribution in [2.45, 2.75) is 31.8 Å². The fourth-order valence-electron chi connectivity index (χ4n) is 3.03. The molecule has 0 unspecified atom stereocenters. The Kier molecular flexibility index (Phi) is 6.49. The standard InChI is InChI=1S/C23H23NO4/c1-3-16-8-10-19(11-9-16)20-12-21(23(26)24-2)28-22(13-20)27-15-18-6-4-17(14-25)5-7-18/h1,4-12,20,22,25H,13-15H2,2H3,(H,24,26)/t20-,22+/m0/s1. The number of carbonyl (C=O) groups excluding carboxylic acids is 1. The first-order valence-corrected chi connectivity index (χ1v) is 9.10. The van der Waals surface area contributed by atoms with Gasteiger partial charge in [-0.15, -0.1) is 6.42 Å². The van der Waals surface area contributed by atoms with Crippen molar-refractivity contribution in [3.63, 3.8) is 0 Å². The van der Waals surface area contributed by atoms with E-state index in [4.69, 9.17) is 21.0 Å². The van der Waals surface area contributed by atoms with E-state index in [9.17, 15) is 4.79 Å². The highest BCUT2D eigenvalue weighted by atomic mass is 16.7. The zero-order valence-corrected chi connectivity index (χ0v) is 15.7. The molecule has 0 spiro atoms. The molecule has 0 saturated carbocycles. The van der Waals surface area contributed by atoms with Gasteiger partial charge in [0.05, 0.1) is 13.2 Å². The number of allylic oxidation sites excluding steroid dienone is 1. The average Bonchev–Trinajstić information content (AvgIpc) is 2.77. The summed E-state index contributed by atoms with van der Waals surface area (Å²) in [5.41, 5.74) is 3.67. The highest BCUT2D eigenvalue weighted by Crippen LogP contribution is 2.32. The molecule has 2 aromatic rings. The summed E-state index contributed by atoms with van der Waals surface area (Å²) in [4.78, 5) is 12.1. The van der Waals surface area contributed by atoms with Crippen LogP contribution in [-0.4, -0.2) is 24.4 Å². The Morgan fingerprint density at radius 1 is 1.21 bits per heavy atom. The lowest BCUT2D eigenvalue weighted by Gasteiger charge is -2.29. The molecule has 0 radical (unpaired) electrons. The number of benzene rings is 2. The molecule has 3 rings (SSSR count). The summed E-state index contributed by atoms with van der Waals surface area (Å²) in [6, 6.07) is 15.2. The number of likely N-dealkylation sites (N-methyl/N-ethyl adjacent to an activating group) is 1. The number of terminal acetylenes is 1. The van der Waals surface area contributed by atoms with E-state index in [1.165, 1.54) is 0 Å². The highest BCUT2D eigenvalue weighted by molar-refractivity contribution is 5.91. The maximum absolute atomic E-state index is 12.1. The molecule has 2 aromatic carbocycles. The first kappa shape index (κ1) is 19.7. The van der Waals surface area contributed by atoms with E-state index in [2.05, 4.69) is 11.2 Å². The van der Waals surface area contributed by atoms with Crippen LogP contribution in [0.3, 0.4) is 0 Å². The molecule has 1 amide bonds. The van der Waals surface area contributed by atoms with Crippen molar-refractivity contribution in [2.24, 2.45) is 0 Å². The fraction of sp³-hybridized carbons (Fsp3) is 0.261. The van der Waals surface area contributed by atoms with Crippen molar-refractivity contribution in [1.29, 1.82) is 0 Å². The van der Waals surface area contributed by atoms with Crippen molar-refractivity contribution in [3.8, 4) is 12.3 Å². The van der Waals surface area contributed by atoms with E-state index in [0.717, 1.165) is 22.3 Å². The average molecular weight is 377 g/mol. The second-order valence-corrected chi connectivity index (χ2v) is 6.55.